The lowest BCUT2D eigenvalue weighted by molar-refractivity contribution is 0.558. The third-order valence-electron chi connectivity index (χ3n) is 2.95. The van der Waals surface area contributed by atoms with Crippen molar-refractivity contribution in [3.05, 3.63) is 11.1 Å². The van der Waals surface area contributed by atoms with Crippen LogP contribution in [0.2, 0.25) is 5.28 Å². The second kappa shape index (κ2) is 4.33. The van der Waals surface area contributed by atoms with Crippen molar-refractivity contribution in [3.63, 3.8) is 0 Å². The van der Waals surface area contributed by atoms with Gasteiger partial charge in [0.05, 0.1) is 11.0 Å². The lowest BCUT2D eigenvalue weighted by atomic mass is 10.2. The second-order valence-corrected chi connectivity index (χ2v) is 6.72. The molecule has 0 bridgehead atoms. The van der Waals surface area contributed by atoms with E-state index in [4.69, 9.17) is 11.6 Å². The van der Waals surface area contributed by atoms with Gasteiger partial charge in [0.25, 0.3) is 0 Å². The van der Waals surface area contributed by atoms with Crippen LogP contribution in [0.3, 0.4) is 0 Å². The van der Waals surface area contributed by atoms with Crippen molar-refractivity contribution in [1.82, 2.24) is 14.8 Å². The van der Waals surface area contributed by atoms with Crippen LogP contribution in [0.4, 0.5) is 0 Å². The first-order valence-corrected chi connectivity index (χ1v) is 7.43. The van der Waals surface area contributed by atoms with Gasteiger partial charge in [0.1, 0.15) is 5.82 Å². The standard InChI is InChI=1S/C9H14ClN3O2S/c1-2-8-11-12-9(10)13(8)6-7-4-3-5-16(7,14)15/h7H,2-6H2,1H3. The number of hydrogen-bond donors (Lipinski definition) is 0. The highest BCUT2D eigenvalue weighted by Gasteiger charge is 2.32. The highest BCUT2D eigenvalue weighted by molar-refractivity contribution is 7.92. The minimum atomic E-state index is -2.94. The molecule has 5 nitrogen and oxygen atoms in total. The summed E-state index contributed by atoms with van der Waals surface area (Å²) in [4.78, 5) is 0. The predicted octanol–water partition coefficient (Wildman–Crippen LogP) is 1.07. The number of nitrogens with zero attached hydrogens (tertiary/aromatic N) is 3. The van der Waals surface area contributed by atoms with Crippen molar-refractivity contribution >= 4 is 21.4 Å². The van der Waals surface area contributed by atoms with E-state index >= 15 is 0 Å². The fraction of sp³-hybridized carbons (Fsp3) is 0.778. The van der Waals surface area contributed by atoms with Crippen LogP contribution >= 0.6 is 11.6 Å². The van der Waals surface area contributed by atoms with Gasteiger partial charge in [-0.3, -0.25) is 0 Å². The van der Waals surface area contributed by atoms with Gasteiger partial charge in [-0.25, -0.2) is 8.42 Å². The van der Waals surface area contributed by atoms with Crippen molar-refractivity contribution in [1.29, 1.82) is 0 Å². The van der Waals surface area contributed by atoms with Crippen molar-refractivity contribution in [3.8, 4) is 0 Å². The molecule has 0 saturated carbocycles. The smallest absolute Gasteiger partial charge is 0.225 e. The van der Waals surface area contributed by atoms with E-state index in [1.54, 1.807) is 4.57 Å². The highest BCUT2D eigenvalue weighted by Crippen LogP contribution is 2.23. The Labute approximate surface area is 99.7 Å². The molecule has 1 fully saturated rings. The van der Waals surface area contributed by atoms with Crippen molar-refractivity contribution in [2.24, 2.45) is 0 Å². The first kappa shape index (κ1) is 11.9. The minimum Gasteiger partial charge on any atom is -0.300 e. The van der Waals surface area contributed by atoms with Crippen molar-refractivity contribution in [2.75, 3.05) is 5.75 Å². The summed E-state index contributed by atoms with van der Waals surface area (Å²) in [5.41, 5.74) is 0. The Morgan fingerprint density at radius 3 is 2.81 bits per heavy atom. The Balaban J connectivity index is 2.24. The zero-order chi connectivity index (χ0) is 11.8. The average molecular weight is 264 g/mol. The summed E-state index contributed by atoms with van der Waals surface area (Å²) in [6.07, 6.45) is 2.15. The number of rotatable bonds is 3. The molecule has 2 heterocycles. The van der Waals surface area contributed by atoms with E-state index in [0.717, 1.165) is 12.2 Å². The first-order chi connectivity index (χ1) is 7.54. The molecular formula is C9H14ClN3O2S. The number of halogens is 1. The molecule has 1 aromatic rings. The largest absolute Gasteiger partial charge is 0.300 e. The molecule has 0 aliphatic carbocycles. The topological polar surface area (TPSA) is 64.8 Å². The van der Waals surface area contributed by atoms with Gasteiger partial charge >= 0.3 is 0 Å². The lowest BCUT2D eigenvalue weighted by Gasteiger charge is -2.12. The van der Waals surface area contributed by atoms with Crippen LogP contribution in [-0.4, -0.2) is 34.2 Å². The first-order valence-electron chi connectivity index (χ1n) is 5.33. The van der Waals surface area contributed by atoms with E-state index in [0.29, 0.717) is 25.1 Å². The summed E-state index contributed by atoms with van der Waals surface area (Å²) in [6, 6.07) is 0. The summed E-state index contributed by atoms with van der Waals surface area (Å²) in [7, 11) is -2.94. The van der Waals surface area contributed by atoms with Gasteiger partial charge in [0.15, 0.2) is 9.84 Å². The molecule has 0 N–H and O–H groups in total. The molecule has 0 spiro atoms. The van der Waals surface area contributed by atoms with Crippen molar-refractivity contribution in [2.45, 2.75) is 38.0 Å². The maximum atomic E-state index is 11.7. The zero-order valence-electron chi connectivity index (χ0n) is 9.06. The molecule has 2 rings (SSSR count). The molecule has 1 unspecified atom stereocenters. The molecule has 0 radical (unpaired) electrons. The molecule has 1 atom stereocenters. The molecule has 90 valence electrons. The molecule has 1 aliphatic rings. The molecule has 7 heteroatoms. The third-order valence-corrected chi connectivity index (χ3v) is 5.49. The maximum absolute atomic E-state index is 11.7. The van der Waals surface area contributed by atoms with Crippen LogP contribution in [0.25, 0.3) is 0 Å². The average Bonchev–Trinajstić information content (AvgIpc) is 2.73. The fourth-order valence-electron chi connectivity index (χ4n) is 2.02. The summed E-state index contributed by atoms with van der Waals surface area (Å²) in [5.74, 6) is 1.03. The number of sulfone groups is 1. The fourth-order valence-corrected chi connectivity index (χ4v) is 4.03. The van der Waals surface area contributed by atoms with Gasteiger partial charge in [-0.05, 0) is 24.4 Å². The van der Waals surface area contributed by atoms with E-state index in [1.165, 1.54) is 0 Å². The molecule has 1 saturated heterocycles. The Bertz CT molecular complexity index is 483. The molecule has 1 aromatic heterocycles. The van der Waals surface area contributed by atoms with Crippen molar-refractivity contribution < 1.29 is 8.42 Å². The van der Waals surface area contributed by atoms with E-state index in [9.17, 15) is 8.42 Å². The minimum absolute atomic E-state index is 0.277. The van der Waals surface area contributed by atoms with Gasteiger partial charge in [0.2, 0.25) is 5.28 Å². The quantitative estimate of drug-likeness (QED) is 0.818. The van der Waals surface area contributed by atoms with Gasteiger partial charge in [0, 0.05) is 13.0 Å². The maximum Gasteiger partial charge on any atom is 0.225 e. The summed E-state index contributed by atoms with van der Waals surface area (Å²) in [6.45, 7) is 2.33. The highest BCUT2D eigenvalue weighted by atomic mass is 35.5. The van der Waals surface area contributed by atoms with Gasteiger partial charge in [-0.1, -0.05) is 6.92 Å². The Hall–Kier alpha value is -0.620. The Kier molecular flexibility index (Phi) is 3.21. The van der Waals surface area contributed by atoms with Gasteiger partial charge in [-0.2, -0.15) is 0 Å². The van der Waals surface area contributed by atoms with Crippen LogP contribution in [0, 0.1) is 0 Å². The SMILES string of the molecule is CCc1nnc(Cl)n1CC1CCCS1(=O)=O. The zero-order valence-corrected chi connectivity index (χ0v) is 10.6. The molecule has 0 aromatic carbocycles. The van der Waals surface area contributed by atoms with Crippen LogP contribution in [0.1, 0.15) is 25.6 Å². The monoisotopic (exact) mass is 263 g/mol. The predicted molar refractivity (Wildman–Crippen MR) is 61.2 cm³/mol. The Morgan fingerprint density at radius 2 is 2.25 bits per heavy atom. The summed E-state index contributed by atoms with van der Waals surface area (Å²) < 4.78 is 25.1. The Morgan fingerprint density at radius 1 is 1.50 bits per heavy atom. The molecule has 16 heavy (non-hydrogen) atoms. The normalized spacial score (nSPS) is 23.8. The van der Waals surface area contributed by atoms with Crippen LogP contribution in [0.5, 0.6) is 0 Å². The third kappa shape index (κ3) is 2.08. The number of aromatic nitrogens is 3. The summed E-state index contributed by atoms with van der Waals surface area (Å²) >= 11 is 5.89. The van der Waals surface area contributed by atoms with E-state index in [1.807, 2.05) is 6.92 Å². The van der Waals surface area contributed by atoms with E-state index < -0.39 is 9.84 Å². The molecule has 0 amide bonds. The number of aryl methyl sites for hydroxylation is 1. The van der Waals surface area contributed by atoms with Crippen LogP contribution in [-0.2, 0) is 22.8 Å². The second-order valence-electron chi connectivity index (χ2n) is 3.98. The van der Waals surface area contributed by atoms with Gasteiger partial charge < -0.3 is 4.57 Å². The molecule has 1 aliphatic heterocycles. The van der Waals surface area contributed by atoms with E-state index in [2.05, 4.69) is 10.2 Å². The van der Waals surface area contributed by atoms with Gasteiger partial charge in [-0.15, -0.1) is 10.2 Å². The van der Waals surface area contributed by atoms with E-state index in [-0.39, 0.29) is 10.5 Å². The number of hydrogen-bond acceptors (Lipinski definition) is 4. The lowest BCUT2D eigenvalue weighted by Crippen LogP contribution is -2.23. The van der Waals surface area contributed by atoms with Crippen LogP contribution < -0.4 is 0 Å². The molecular weight excluding hydrogens is 250 g/mol. The summed E-state index contributed by atoms with van der Waals surface area (Å²) in [5, 5.41) is 7.62. The van der Waals surface area contributed by atoms with Crippen LogP contribution in [0.15, 0.2) is 0 Å².